The molecule has 0 saturated carbocycles. The molecule has 0 N–H and O–H groups in total. The van der Waals surface area contributed by atoms with Crippen LogP contribution in [0.5, 0.6) is 23.0 Å². The molecule has 39 heavy (non-hydrogen) atoms. The Hall–Kier alpha value is -3.68. The number of pyridine rings is 1. The van der Waals surface area contributed by atoms with Crippen molar-refractivity contribution < 1.29 is 23.5 Å². The van der Waals surface area contributed by atoms with Crippen LogP contribution in [0.3, 0.4) is 0 Å². The number of hydrogen-bond acceptors (Lipinski definition) is 6. The van der Waals surface area contributed by atoms with Gasteiger partial charge in [-0.1, -0.05) is 17.7 Å². The first kappa shape index (κ1) is 24.4. The maximum atomic E-state index is 6.24. The fourth-order valence-corrected chi connectivity index (χ4v) is 6.32. The number of halogens is 1. The highest BCUT2D eigenvalue weighted by Gasteiger charge is 2.30. The summed E-state index contributed by atoms with van der Waals surface area (Å²) in [5.41, 5.74) is 6.08. The van der Waals surface area contributed by atoms with Crippen LogP contribution in [0, 0.1) is 0 Å². The van der Waals surface area contributed by atoms with E-state index in [4.69, 9.17) is 30.5 Å². The summed E-state index contributed by atoms with van der Waals surface area (Å²) in [5, 5.41) is 3.03. The van der Waals surface area contributed by atoms with Crippen molar-refractivity contribution in [3.63, 3.8) is 0 Å². The first-order chi connectivity index (χ1) is 19.1. The number of benzene rings is 3. The fraction of sp³-hybridized carbons (Fsp3) is 0.323. The molecular formula is C31H31ClN3O4+. The Balaban J connectivity index is 1.25. The van der Waals surface area contributed by atoms with E-state index in [2.05, 4.69) is 50.9 Å². The molecule has 1 aromatic heterocycles. The summed E-state index contributed by atoms with van der Waals surface area (Å²) in [5.74, 6) is 3.19. The molecule has 200 valence electrons. The average molecular weight is 545 g/mol. The Kier molecular flexibility index (Phi) is 6.13. The summed E-state index contributed by atoms with van der Waals surface area (Å²) < 4.78 is 25.4. The van der Waals surface area contributed by atoms with Gasteiger partial charge in [0.2, 0.25) is 12.5 Å². The number of aryl methyl sites for hydroxylation is 2. The molecule has 3 aliphatic rings. The second kappa shape index (κ2) is 9.81. The van der Waals surface area contributed by atoms with Gasteiger partial charge in [-0.05, 0) is 47.5 Å². The van der Waals surface area contributed by atoms with E-state index >= 15 is 0 Å². The monoisotopic (exact) mass is 544 g/mol. The third kappa shape index (κ3) is 4.30. The van der Waals surface area contributed by atoms with Crippen LogP contribution >= 0.6 is 11.6 Å². The minimum Gasteiger partial charge on any atom is -0.493 e. The van der Waals surface area contributed by atoms with Gasteiger partial charge in [-0.3, -0.25) is 4.90 Å². The van der Waals surface area contributed by atoms with Gasteiger partial charge < -0.3 is 23.8 Å². The van der Waals surface area contributed by atoms with Crippen molar-refractivity contribution in [1.29, 1.82) is 0 Å². The molecule has 8 heteroatoms. The molecule has 3 aliphatic heterocycles. The highest BCUT2D eigenvalue weighted by Crippen LogP contribution is 2.43. The topological polar surface area (TPSA) is 47.3 Å². The van der Waals surface area contributed by atoms with Crippen LogP contribution in [0.25, 0.3) is 22.0 Å². The number of piperazine rings is 1. The molecule has 4 aromatic rings. The lowest BCUT2D eigenvalue weighted by molar-refractivity contribution is -0.686. The highest BCUT2D eigenvalue weighted by molar-refractivity contribution is 6.30. The Bertz CT molecular complexity index is 1580. The third-order valence-electron chi connectivity index (χ3n) is 8.15. The van der Waals surface area contributed by atoms with Crippen molar-refractivity contribution in [1.82, 2.24) is 4.90 Å². The van der Waals surface area contributed by atoms with E-state index in [9.17, 15) is 0 Å². The molecule has 0 spiro atoms. The van der Waals surface area contributed by atoms with Gasteiger partial charge in [-0.2, -0.15) is 4.57 Å². The second-order valence-corrected chi connectivity index (χ2v) is 10.7. The molecule has 0 bridgehead atoms. The van der Waals surface area contributed by atoms with Gasteiger partial charge in [0.1, 0.15) is 0 Å². The van der Waals surface area contributed by atoms with Gasteiger partial charge in [0, 0.05) is 61.3 Å². The van der Waals surface area contributed by atoms with Crippen molar-refractivity contribution >= 4 is 28.1 Å². The minimum atomic E-state index is 0.279. The molecule has 0 radical (unpaired) electrons. The number of nitrogens with zero attached hydrogens (tertiary/aromatic N) is 3. The minimum absolute atomic E-state index is 0.279. The molecule has 7 nitrogen and oxygen atoms in total. The second-order valence-electron chi connectivity index (χ2n) is 10.3. The zero-order valence-electron chi connectivity index (χ0n) is 22.2. The van der Waals surface area contributed by atoms with Crippen LogP contribution in [0.4, 0.5) is 5.69 Å². The van der Waals surface area contributed by atoms with Crippen LogP contribution in [0.2, 0.25) is 5.02 Å². The van der Waals surface area contributed by atoms with E-state index in [-0.39, 0.29) is 6.79 Å². The summed E-state index contributed by atoms with van der Waals surface area (Å²) in [7, 11) is 3.42. The quantitative estimate of drug-likeness (QED) is 0.327. The van der Waals surface area contributed by atoms with Crippen molar-refractivity contribution in [3.05, 3.63) is 70.9 Å². The van der Waals surface area contributed by atoms with E-state index in [1.807, 2.05) is 18.2 Å². The number of ether oxygens (including phenoxy) is 4. The molecule has 0 atom stereocenters. The van der Waals surface area contributed by atoms with Crippen LogP contribution in [-0.4, -0.2) is 52.1 Å². The van der Waals surface area contributed by atoms with Crippen LogP contribution in [0.1, 0.15) is 11.1 Å². The molecule has 1 saturated heterocycles. The summed E-state index contributed by atoms with van der Waals surface area (Å²) in [6, 6.07) is 16.8. The van der Waals surface area contributed by atoms with E-state index in [1.165, 1.54) is 33.5 Å². The Morgan fingerprint density at radius 1 is 0.923 bits per heavy atom. The Morgan fingerprint density at radius 3 is 2.51 bits per heavy atom. The molecule has 0 amide bonds. The van der Waals surface area contributed by atoms with Crippen LogP contribution in [0.15, 0.2) is 54.7 Å². The Morgan fingerprint density at radius 2 is 1.74 bits per heavy atom. The number of hydrogen-bond donors (Lipinski definition) is 0. The van der Waals surface area contributed by atoms with Gasteiger partial charge in [0.05, 0.1) is 25.2 Å². The molecule has 1 fully saturated rings. The molecule has 4 heterocycles. The van der Waals surface area contributed by atoms with Gasteiger partial charge >= 0.3 is 0 Å². The Labute approximate surface area is 233 Å². The van der Waals surface area contributed by atoms with Crippen LogP contribution in [-0.2, 0) is 19.5 Å². The molecule has 0 aliphatic carbocycles. The van der Waals surface area contributed by atoms with Crippen molar-refractivity contribution in [2.75, 3.05) is 52.1 Å². The first-order valence-electron chi connectivity index (χ1n) is 13.4. The average Bonchev–Trinajstić information content (AvgIpc) is 3.43. The van der Waals surface area contributed by atoms with E-state index in [0.717, 1.165) is 79.1 Å². The van der Waals surface area contributed by atoms with Gasteiger partial charge in [0.25, 0.3) is 0 Å². The lowest BCUT2D eigenvalue weighted by Crippen LogP contribution is -2.46. The SMILES string of the molecule is COc1cc(CN2CCN(c3cccc(Cl)c3)CC2)c2cc3[n+](cc2c1OC)CCc1cc2c(cc1-3)OCO2. The lowest BCUT2D eigenvalue weighted by Gasteiger charge is -2.36. The normalized spacial score (nSPS) is 16.2. The molecular weight excluding hydrogens is 514 g/mol. The zero-order valence-corrected chi connectivity index (χ0v) is 23.0. The fourth-order valence-electron chi connectivity index (χ4n) is 6.13. The maximum Gasteiger partial charge on any atom is 0.231 e. The van der Waals surface area contributed by atoms with Gasteiger partial charge in [0.15, 0.2) is 35.7 Å². The molecule has 0 unspecified atom stereocenters. The van der Waals surface area contributed by atoms with Crippen LogP contribution < -0.4 is 28.4 Å². The number of rotatable bonds is 5. The number of anilines is 1. The molecule has 3 aromatic carbocycles. The summed E-state index contributed by atoms with van der Waals surface area (Å²) in [6.45, 7) is 5.84. The van der Waals surface area contributed by atoms with E-state index in [1.54, 1.807) is 14.2 Å². The largest absolute Gasteiger partial charge is 0.493 e. The number of methoxy groups -OCH3 is 2. The highest BCUT2D eigenvalue weighted by atomic mass is 35.5. The van der Waals surface area contributed by atoms with E-state index in [0.29, 0.717) is 0 Å². The zero-order chi connectivity index (χ0) is 26.5. The van der Waals surface area contributed by atoms with Crippen molar-refractivity contribution in [2.45, 2.75) is 19.5 Å². The van der Waals surface area contributed by atoms with Crippen molar-refractivity contribution in [2.24, 2.45) is 0 Å². The lowest BCUT2D eigenvalue weighted by atomic mass is 9.93. The molecule has 7 rings (SSSR count). The number of fused-ring (bicyclic) bond motifs is 5. The summed E-state index contributed by atoms with van der Waals surface area (Å²) >= 11 is 6.24. The predicted molar refractivity (Wildman–Crippen MR) is 151 cm³/mol. The smallest absolute Gasteiger partial charge is 0.231 e. The predicted octanol–water partition coefficient (Wildman–Crippen LogP) is 5.07. The van der Waals surface area contributed by atoms with Crippen molar-refractivity contribution in [3.8, 4) is 34.3 Å². The third-order valence-corrected chi connectivity index (χ3v) is 8.38. The maximum absolute atomic E-state index is 6.24. The van der Waals surface area contributed by atoms with E-state index < -0.39 is 0 Å². The summed E-state index contributed by atoms with van der Waals surface area (Å²) in [4.78, 5) is 4.92. The van der Waals surface area contributed by atoms with Gasteiger partial charge in [-0.25, -0.2) is 0 Å². The number of aromatic nitrogens is 1. The first-order valence-corrected chi connectivity index (χ1v) is 13.8. The standard InChI is InChI=1S/C31H31ClN3O4/c1-36-30-13-21(17-33-8-10-34(11-9-33)23-5-3-4-22(32)14-23)24-15-27-25-16-29-28(38-19-39-29)12-20(25)6-7-35(27)18-26(24)31(30)37-2/h3-5,12-16,18H,6-11,17,19H2,1-2H3/q+1. The van der Waals surface area contributed by atoms with Gasteiger partial charge in [-0.15, -0.1) is 0 Å². The summed E-state index contributed by atoms with van der Waals surface area (Å²) in [6.07, 6.45) is 3.16.